The lowest BCUT2D eigenvalue weighted by Gasteiger charge is -2.39. The van der Waals surface area contributed by atoms with Crippen LogP contribution >= 0.6 is 0 Å². The summed E-state index contributed by atoms with van der Waals surface area (Å²) in [5, 5.41) is 0.117. The molecule has 0 saturated carbocycles. The average Bonchev–Trinajstić information content (AvgIpc) is 2.51. The molecule has 1 rings (SSSR count). The first kappa shape index (κ1) is 24.1. The summed E-state index contributed by atoms with van der Waals surface area (Å²) >= 11 is 0. The summed E-state index contributed by atoms with van der Waals surface area (Å²) in [5.74, 6) is -5.32. The van der Waals surface area contributed by atoms with E-state index in [1.165, 1.54) is 0 Å². The lowest BCUT2D eigenvalue weighted by molar-refractivity contribution is -0.295. The maximum absolute atomic E-state index is 14.2. The molecule has 0 aromatic rings. The van der Waals surface area contributed by atoms with Gasteiger partial charge in [-0.1, -0.05) is 0 Å². The average molecular weight is 430 g/mol. The summed E-state index contributed by atoms with van der Waals surface area (Å²) in [4.78, 5) is 0.235. The van der Waals surface area contributed by atoms with Crippen molar-refractivity contribution in [3.8, 4) is 0 Å². The van der Waals surface area contributed by atoms with E-state index in [1.54, 1.807) is 0 Å². The monoisotopic (exact) mass is 430 g/mol. The summed E-state index contributed by atoms with van der Waals surface area (Å²) in [6, 6.07) is 0. The van der Waals surface area contributed by atoms with Crippen LogP contribution < -0.4 is 0 Å². The summed E-state index contributed by atoms with van der Waals surface area (Å²) in [7, 11) is 0. The van der Waals surface area contributed by atoms with E-state index in [0.29, 0.717) is 0 Å². The van der Waals surface area contributed by atoms with Gasteiger partial charge in [0.15, 0.2) is 6.30 Å². The molecule has 0 aromatic carbocycles. The third-order valence-electron chi connectivity index (χ3n) is 3.69. The Morgan fingerprint density at radius 1 is 0.778 bits per heavy atom. The van der Waals surface area contributed by atoms with Gasteiger partial charge < -0.3 is 4.74 Å². The molecule has 27 heavy (non-hydrogen) atoms. The van der Waals surface area contributed by atoms with Crippen LogP contribution in [0.15, 0.2) is 0 Å². The van der Waals surface area contributed by atoms with E-state index in [2.05, 4.69) is 4.74 Å². The van der Waals surface area contributed by atoms with Crippen LogP contribution in [0, 0.1) is 0 Å². The Morgan fingerprint density at radius 3 is 1.67 bits per heavy atom. The molecule has 0 spiro atoms. The fraction of sp³-hybridized carbons (Fsp3) is 1.00. The van der Waals surface area contributed by atoms with Crippen LogP contribution in [-0.2, 0) is 4.74 Å². The van der Waals surface area contributed by atoms with Crippen LogP contribution in [0.2, 0.25) is 0 Å². The molecule has 3 atom stereocenters. The summed E-state index contributed by atoms with van der Waals surface area (Å²) < 4.78 is 158. The van der Waals surface area contributed by atoms with E-state index >= 15 is 0 Å². The predicted octanol–water partition coefficient (Wildman–Crippen LogP) is 3.61. The van der Waals surface area contributed by atoms with Gasteiger partial charge in [-0.05, 0) is 0 Å². The van der Waals surface area contributed by atoms with Crippen molar-refractivity contribution in [2.75, 3.05) is 39.4 Å². The number of hydrogen-bond donors (Lipinski definition) is 0. The molecular formula is C12H14F12N2O. The van der Waals surface area contributed by atoms with Crippen molar-refractivity contribution in [2.24, 2.45) is 0 Å². The Morgan fingerprint density at radius 2 is 1.26 bits per heavy atom. The van der Waals surface area contributed by atoms with Gasteiger partial charge in [-0.3, -0.25) is 4.90 Å². The van der Waals surface area contributed by atoms with Crippen LogP contribution in [0.25, 0.3) is 0 Å². The molecule has 15 heteroatoms. The molecular weight excluding hydrogens is 416 g/mol. The molecule has 1 aliphatic rings. The van der Waals surface area contributed by atoms with Crippen molar-refractivity contribution in [2.45, 2.75) is 36.4 Å². The Balaban J connectivity index is 2.83. The van der Waals surface area contributed by atoms with Crippen molar-refractivity contribution in [3.05, 3.63) is 0 Å². The second-order valence-electron chi connectivity index (χ2n) is 5.80. The number of hydrogen-bond acceptors (Lipinski definition) is 3. The zero-order chi connectivity index (χ0) is 21.3. The molecule has 162 valence electrons. The molecule has 3 nitrogen and oxygen atoms in total. The lowest BCUT2D eigenvalue weighted by Crippen LogP contribution is -2.61. The van der Waals surface area contributed by atoms with Crippen molar-refractivity contribution in [1.29, 1.82) is 0 Å². The summed E-state index contributed by atoms with van der Waals surface area (Å²) in [6.45, 7) is -7.52. The fourth-order valence-corrected chi connectivity index (χ4v) is 2.15. The molecule has 0 bridgehead atoms. The van der Waals surface area contributed by atoms with Gasteiger partial charge in [-0.25, -0.2) is 22.0 Å². The Kier molecular flexibility index (Phi) is 7.30. The van der Waals surface area contributed by atoms with Gasteiger partial charge in [0, 0.05) is 26.2 Å². The molecule has 0 radical (unpaired) electrons. The third kappa shape index (κ3) is 5.76. The highest BCUT2D eigenvalue weighted by molar-refractivity contribution is 4.96. The van der Waals surface area contributed by atoms with E-state index in [-0.39, 0.29) is 10.0 Å². The highest BCUT2D eigenvalue weighted by Crippen LogP contribution is 2.41. The second-order valence-corrected chi connectivity index (χ2v) is 5.80. The molecule has 0 aromatic heterocycles. The first-order chi connectivity index (χ1) is 12.0. The molecule has 1 aliphatic heterocycles. The third-order valence-corrected chi connectivity index (χ3v) is 3.69. The largest absolute Gasteiger partial charge is 0.429 e. The van der Waals surface area contributed by atoms with Gasteiger partial charge in [-0.2, -0.15) is 26.3 Å². The number of piperazine rings is 1. The number of ether oxygens (including phenoxy) is 1. The summed E-state index contributed by atoms with van der Waals surface area (Å²) in [5.41, 5.74) is -4.91. The first-order valence-corrected chi connectivity index (χ1v) is 7.23. The van der Waals surface area contributed by atoms with Crippen molar-refractivity contribution < 1.29 is 57.5 Å². The fourth-order valence-electron chi connectivity index (χ4n) is 2.15. The molecule has 1 fully saturated rings. The van der Waals surface area contributed by atoms with E-state index in [0.717, 1.165) is 0 Å². The Labute approximate surface area is 144 Å². The molecule has 3 unspecified atom stereocenters. The van der Waals surface area contributed by atoms with Gasteiger partial charge in [0.1, 0.15) is 6.61 Å². The van der Waals surface area contributed by atoms with Gasteiger partial charge in [0.2, 0.25) is 0 Å². The highest BCUT2D eigenvalue weighted by Gasteiger charge is 2.64. The maximum atomic E-state index is 14.2. The van der Waals surface area contributed by atoms with Crippen molar-refractivity contribution >= 4 is 0 Å². The van der Waals surface area contributed by atoms with Crippen LogP contribution in [0.3, 0.4) is 0 Å². The van der Waals surface area contributed by atoms with Crippen LogP contribution in [0.1, 0.15) is 0 Å². The quantitative estimate of drug-likeness (QED) is 0.349. The zero-order valence-corrected chi connectivity index (χ0v) is 13.2. The van der Waals surface area contributed by atoms with Gasteiger partial charge >= 0.3 is 18.3 Å². The van der Waals surface area contributed by atoms with Crippen LogP contribution in [-0.4, -0.2) is 85.8 Å². The van der Waals surface area contributed by atoms with E-state index < -0.39 is 75.8 Å². The van der Waals surface area contributed by atoms with Gasteiger partial charge in [-0.15, -0.1) is 9.60 Å². The number of rotatable bonds is 7. The molecule has 1 saturated heterocycles. The topological polar surface area (TPSA) is 15.7 Å². The molecule has 0 amide bonds. The van der Waals surface area contributed by atoms with E-state index in [4.69, 9.17) is 0 Å². The van der Waals surface area contributed by atoms with Crippen LogP contribution in [0.4, 0.5) is 52.8 Å². The van der Waals surface area contributed by atoms with E-state index in [9.17, 15) is 52.8 Å². The SMILES string of the molecule is FC(C(F)(F)F)C(F)(F)COCC(F)(C(F)N1CCN(F)CC1)C(F)(F)F. The predicted molar refractivity (Wildman–Crippen MR) is 65.8 cm³/mol. The molecule has 0 aliphatic carbocycles. The standard InChI is InChI=1S/C12H14F12N2O/c13-7(11(18,19)20)10(16,17)6-27-5-9(15,12(21,22)23)8(14)25-1-3-26(24)4-2-25/h7-8H,1-6H2. The number of alkyl halides is 11. The van der Waals surface area contributed by atoms with Crippen molar-refractivity contribution in [1.82, 2.24) is 10.0 Å². The zero-order valence-electron chi connectivity index (χ0n) is 13.2. The van der Waals surface area contributed by atoms with Gasteiger partial charge in [0.25, 0.3) is 11.8 Å². The molecule has 0 N–H and O–H groups in total. The second kappa shape index (κ2) is 8.19. The Hall–Kier alpha value is -0.960. The normalized spacial score (nSPS) is 23.1. The Bertz CT molecular complexity index is 476. The maximum Gasteiger partial charge on any atom is 0.429 e. The summed E-state index contributed by atoms with van der Waals surface area (Å²) in [6.07, 6.45) is -20.3. The van der Waals surface area contributed by atoms with Crippen LogP contribution in [0.5, 0.6) is 0 Å². The number of halogens is 12. The van der Waals surface area contributed by atoms with Gasteiger partial charge in [0.05, 0.1) is 6.61 Å². The first-order valence-electron chi connectivity index (χ1n) is 7.23. The van der Waals surface area contributed by atoms with E-state index in [1.807, 2.05) is 0 Å². The lowest BCUT2D eigenvalue weighted by atomic mass is 10.0. The van der Waals surface area contributed by atoms with Crippen molar-refractivity contribution in [3.63, 3.8) is 0 Å². The minimum absolute atomic E-state index is 0.117. The minimum Gasteiger partial charge on any atom is -0.371 e. The molecule has 1 heterocycles. The minimum atomic E-state index is -6.04. The highest BCUT2D eigenvalue weighted by atomic mass is 19.4. The number of nitrogens with zero attached hydrogens (tertiary/aromatic N) is 2. The smallest absolute Gasteiger partial charge is 0.371 e.